The second-order valence-electron chi connectivity index (χ2n) is 15.0. The first-order valence-corrected chi connectivity index (χ1v) is 20.4. The Labute approximate surface area is 302 Å². The summed E-state index contributed by atoms with van der Waals surface area (Å²) in [6, 6.07) is 12.8. The number of carbonyl (C=O) groups is 3. The molecule has 3 aromatic rings. The van der Waals surface area contributed by atoms with Gasteiger partial charge in [-0.25, -0.2) is 13.4 Å². The van der Waals surface area contributed by atoms with Crippen molar-refractivity contribution in [3.63, 3.8) is 0 Å². The lowest BCUT2D eigenvalue weighted by atomic mass is 9.89. The van der Waals surface area contributed by atoms with E-state index in [2.05, 4.69) is 21.8 Å². The second kappa shape index (κ2) is 13.7. The molecule has 1 N–H and O–H groups in total. The van der Waals surface area contributed by atoms with Gasteiger partial charge < -0.3 is 9.64 Å². The van der Waals surface area contributed by atoms with E-state index in [4.69, 9.17) is 16.3 Å². The number of hydrogen-bond acceptors (Lipinski definition) is 8. The summed E-state index contributed by atoms with van der Waals surface area (Å²) < 4.78 is 34.9. The average Bonchev–Trinajstić information content (AvgIpc) is 3.88. The van der Waals surface area contributed by atoms with Crippen molar-refractivity contribution in [2.24, 2.45) is 17.3 Å². The SMILES string of the molecule is Cc1cccc(C[C@H]2CCCCC/C=C\[C@@H]3C[C@@]3(C(=O)NS(=O)(=O)C3(C)CC3)CC(=O)[C@@H]3C[C@@H](Oc4nc5ccc(Cl)cc5s4)CN3C2=O)c1. The topological polar surface area (TPSA) is 123 Å². The molecular formula is C38H44ClN3O6S2. The second-order valence-corrected chi connectivity index (χ2v) is 18.7. The maximum Gasteiger partial charge on any atom is 0.274 e. The smallest absolute Gasteiger partial charge is 0.274 e. The number of nitrogens with zero attached hydrogens (tertiary/aromatic N) is 2. The number of fused-ring (bicyclic) bond motifs is 3. The van der Waals surface area contributed by atoms with E-state index in [0.29, 0.717) is 42.3 Å². The molecule has 0 spiro atoms. The summed E-state index contributed by atoms with van der Waals surface area (Å²) in [7, 11) is -3.89. The maximum absolute atomic E-state index is 14.6. The summed E-state index contributed by atoms with van der Waals surface area (Å²) in [5.41, 5.74) is 1.78. The van der Waals surface area contributed by atoms with Crippen molar-refractivity contribution in [1.29, 1.82) is 0 Å². The number of aryl methyl sites for hydroxylation is 1. The van der Waals surface area contributed by atoms with Crippen molar-refractivity contribution in [2.75, 3.05) is 6.54 Å². The van der Waals surface area contributed by atoms with Crippen LogP contribution in [0.15, 0.2) is 54.6 Å². The Morgan fingerprint density at radius 2 is 1.96 bits per heavy atom. The third-order valence-corrected chi connectivity index (χ3v) is 14.4. The standard InChI is InChI=1S/C38H44ClN3O6S2/c1-24-9-8-10-25(17-24)18-26-11-6-4-3-5-7-12-27-21-38(27,35(45)41-50(46,47)37(2)15-16-37)22-32(43)31-20-29(23-42(31)34(26)44)48-36-40-30-14-13-28(39)19-33(30)49-36/h7-10,12-14,17,19,26-27,29,31H,3-6,11,15-16,18,20-23H2,1-2H3,(H,41,45)/b12-7-/t26-,27-,29-,31+,38-/m1/s1. The molecule has 0 unspecified atom stereocenters. The van der Waals surface area contributed by atoms with Crippen molar-refractivity contribution < 1.29 is 27.5 Å². The van der Waals surface area contributed by atoms with Gasteiger partial charge in [0.1, 0.15) is 6.10 Å². The number of amides is 2. The van der Waals surface area contributed by atoms with Gasteiger partial charge in [-0.2, -0.15) is 0 Å². The molecule has 9 nitrogen and oxygen atoms in total. The molecule has 3 fully saturated rings. The number of aromatic nitrogens is 1. The van der Waals surface area contributed by atoms with Gasteiger partial charge in [0.15, 0.2) is 5.78 Å². The van der Waals surface area contributed by atoms with Crippen LogP contribution in [0, 0.1) is 24.2 Å². The average molecular weight is 738 g/mol. The molecule has 0 radical (unpaired) electrons. The van der Waals surface area contributed by atoms with Gasteiger partial charge in [-0.15, -0.1) is 0 Å². The number of nitrogens with one attached hydrogen (secondary N) is 1. The number of benzene rings is 2. The van der Waals surface area contributed by atoms with Crippen molar-refractivity contribution in [3.05, 3.63) is 70.8 Å². The van der Waals surface area contributed by atoms with Gasteiger partial charge in [0.25, 0.3) is 5.19 Å². The van der Waals surface area contributed by atoms with Crippen LogP contribution in [0.25, 0.3) is 10.2 Å². The zero-order valence-corrected chi connectivity index (χ0v) is 30.9. The Hall–Kier alpha value is -3.28. The monoisotopic (exact) mass is 737 g/mol. The van der Waals surface area contributed by atoms with Crippen molar-refractivity contribution in [2.45, 2.75) is 101 Å². The number of sulfonamides is 1. The number of rotatable bonds is 7. The Morgan fingerprint density at radius 3 is 2.74 bits per heavy atom. The normalized spacial score (nSPS) is 29.0. The molecule has 2 aromatic carbocycles. The Bertz CT molecular complexity index is 1960. The number of ketones is 1. The minimum absolute atomic E-state index is 0.0879. The molecule has 2 aliphatic heterocycles. The Kier molecular flexibility index (Phi) is 9.62. The molecule has 5 atom stereocenters. The fraction of sp³-hybridized carbons (Fsp3) is 0.526. The summed E-state index contributed by atoms with van der Waals surface area (Å²) >= 11 is 7.57. The van der Waals surface area contributed by atoms with E-state index in [1.54, 1.807) is 17.9 Å². The van der Waals surface area contributed by atoms with Crippen LogP contribution in [0.2, 0.25) is 5.02 Å². The fourth-order valence-electron chi connectivity index (χ4n) is 7.61. The molecule has 2 aliphatic carbocycles. The Morgan fingerprint density at radius 1 is 1.14 bits per heavy atom. The Balaban J connectivity index is 1.19. The van der Waals surface area contributed by atoms with Crippen molar-refractivity contribution >= 4 is 60.8 Å². The van der Waals surface area contributed by atoms with Crippen LogP contribution >= 0.6 is 22.9 Å². The third kappa shape index (κ3) is 7.23. The first-order chi connectivity index (χ1) is 23.9. The molecular weight excluding hydrogens is 694 g/mol. The van der Waals surface area contributed by atoms with E-state index in [-0.39, 0.29) is 42.9 Å². The van der Waals surface area contributed by atoms with Gasteiger partial charge in [-0.1, -0.05) is 77.8 Å². The summed E-state index contributed by atoms with van der Waals surface area (Å²) in [6.45, 7) is 3.89. The van der Waals surface area contributed by atoms with Gasteiger partial charge in [-0.05, 0) is 88.5 Å². The third-order valence-electron chi connectivity index (χ3n) is 11.1. The minimum atomic E-state index is -3.89. The summed E-state index contributed by atoms with van der Waals surface area (Å²) in [6.07, 6.45) is 9.90. The lowest BCUT2D eigenvalue weighted by Gasteiger charge is -2.29. The van der Waals surface area contributed by atoms with Crippen LogP contribution < -0.4 is 9.46 Å². The van der Waals surface area contributed by atoms with Crippen LogP contribution in [-0.4, -0.2) is 59.3 Å². The molecule has 0 bridgehead atoms. The largest absolute Gasteiger partial charge is 0.465 e. The molecule has 2 amide bonds. The fourth-order valence-corrected chi connectivity index (χ4v) is 10.1. The molecule has 2 saturated carbocycles. The number of allylic oxidation sites excluding steroid dienone is 2. The van der Waals surface area contributed by atoms with Crippen LogP contribution in [-0.2, 0) is 30.8 Å². The summed E-state index contributed by atoms with van der Waals surface area (Å²) in [5, 5.41) is 1.04. The first kappa shape index (κ1) is 35.1. The lowest BCUT2D eigenvalue weighted by Crippen LogP contribution is -2.47. The highest BCUT2D eigenvalue weighted by Gasteiger charge is 2.62. The van der Waals surface area contributed by atoms with E-state index < -0.39 is 38.2 Å². The van der Waals surface area contributed by atoms with Gasteiger partial charge in [-0.3, -0.25) is 19.1 Å². The van der Waals surface area contributed by atoms with Crippen LogP contribution in [0.1, 0.15) is 82.3 Å². The van der Waals surface area contributed by atoms with Gasteiger partial charge in [0, 0.05) is 23.8 Å². The molecule has 4 aliphatic rings. The zero-order valence-electron chi connectivity index (χ0n) is 28.5. The maximum atomic E-state index is 14.6. The van der Waals surface area contributed by atoms with E-state index >= 15 is 0 Å². The molecule has 3 heterocycles. The zero-order chi connectivity index (χ0) is 35.3. The number of Topliss-reactive ketones (excluding diaryl/α,β-unsaturated/α-hetero) is 1. The highest BCUT2D eigenvalue weighted by Crippen LogP contribution is 2.57. The van der Waals surface area contributed by atoms with E-state index in [9.17, 15) is 22.8 Å². The number of halogens is 1. The number of ether oxygens (including phenoxy) is 1. The first-order valence-electron chi connectivity index (χ1n) is 17.7. The van der Waals surface area contributed by atoms with Crippen LogP contribution in [0.4, 0.5) is 0 Å². The number of carbonyl (C=O) groups excluding carboxylic acids is 3. The van der Waals surface area contributed by atoms with Gasteiger partial charge in [0.2, 0.25) is 21.8 Å². The molecule has 1 aromatic heterocycles. The van der Waals surface area contributed by atoms with Crippen molar-refractivity contribution in [3.8, 4) is 5.19 Å². The quantitative estimate of drug-likeness (QED) is 0.261. The molecule has 12 heteroatoms. The molecule has 1 saturated heterocycles. The van der Waals surface area contributed by atoms with Gasteiger partial charge >= 0.3 is 0 Å². The van der Waals surface area contributed by atoms with Crippen LogP contribution in [0.5, 0.6) is 5.19 Å². The van der Waals surface area contributed by atoms with E-state index in [1.165, 1.54) is 11.3 Å². The van der Waals surface area contributed by atoms with Crippen molar-refractivity contribution in [1.82, 2.24) is 14.6 Å². The van der Waals surface area contributed by atoms with Crippen LogP contribution in [0.3, 0.4) is 0 Å². The minimum Gasteiger partial charge on any atom is -0.465 e. The van der Waals surface area contributed by atoms with E-state index in [0.717, 1.165) is 47.0 Å². The number of hydrogen-bond donors (Lipinski definition) is 1. The highest BCUT2D eigenvalue weighted by molar-refractivity contribution is 7.91. The van der Waals surface area contributed by atoms with E-state index in [1.807, 2.05) is 43.3 Å². The number of thiazole rings is 1. The lowest BCUT2D eigenvalue weighted by molar-refractivity contribution is -0.142. The highest BCUT2D eigenvalue weighted by atomic mass is 35.5. The predicted molar refractivity (Wildman–Crippen MR) is 195 cm³/mol. The summed E-state index contributed by atoms with van der Waals surface area (Å²) in [4.78, 5) is 49.2. The molecule has 266 valence electrons. The summed E-state index contributed by atoms with van der Waals surface area (Å²) in [5.74, 6) is -1.53. The van der Waals surface area contributed by atoms with Gasteiger partial charge in [0.05, 0.1) is 33.0 Å². The predicted octanol–water partition coefficient (Wildman–Crippen LogP) is 6.95. The molecule has 50 heavy (non-hydrogen) atoms. The molecule has 7 rings (SSSR count).